The Balaban J connectivity index is 1.93. The molecule has 0 fully saturated rings. The van der Waals surface area contributed by atoms with Gasteiger partial charge >= 0.3 is 5.97 Å². The standard InChI is InChI=1S/C16H11ClN2O3S/c17-12-4-5-14(18-15(12)16(21)22)19-6-7-23-13(9-19)10-2-1-3-11(20)8-10/h1-7,9H,8H2,(H,21,22). The molecule has 1 aromatic heterocycles. The fourth-order valence-electron chi connectivity index (χ4n) is 2.14. The van der Waals surface area contributed by atoms with Gasteiger partial charge in [-0.15, -0.1) is 0 Å². The number of halogens is 1. The minimum Gasteiger partial charge on any atom is -0.476 e. The van der Waals surface area contributed by atoms with Crippen LogP contribution in [-0.2, 0) is 4.79 Å². The molecule has 2 aliphatic rings. The lowest BCUT2D eigenvalue weighted by molar-refractivity contribution is -0.114. The Bertz CT molecular complexity index is 812. The number of carbonyl (C=O) groups excluding carboxylic acids is 1. The number of thioether (sulfide) groups is 1. The molecule has 5 nitrogen and oxygen atoms in total. The number of anilines is 1. The molecule has 0 amide bonds. The minimum atomic E-state index is -1.18. The van der Waals surface area contributed by atoms with Gasteiger partial charge in [0.1, 0.15) is 5.82 Å². The van der Waals surface area contributed by atoms with Crippen LogP contribution in [0, 0.1) is 0 Å². The van der Waals surface area contributed by atoms with Crippen molar-refractivity contribution in [2.75, 3.05) is 4.90 Å². The molecule has 1 aromatic rings. The number of pyridine rings is 1. The lowest BCUT2D eigenvalue weighted by Crippen LogP contribution is -2.15. The van der Waals surface area contributed by atoms with Crippen molar-refractivity contribution < 1.29 is 14.7 Å². The third-order valence-corrected chi connectivity index (χ3v) is 4.42. The van der Waals surface area contributed by atoms with E-state index in [0.29, 0.717) is 12.2 Å². The molecule has 0 atom stereocenters. The van der Waals surface area contributed by atoms with Gasteiger partial charge in [-0.2, -0.15) is 0 Å². The van der Waals surface area contributed by atoms with Gasteiger partial charge in [0.15, 0.2) is 11.5 Å². The Labute approximate surface area is 141 Å². The van der Waals surface area contributed by atoms with E-state index in [1.807, 2.05) is 17.7 Å². The molecule has 0 radical (unpaired) electrons. The summed E-state index contributed by atoms with van der Waals surface area (Å²) in [6, 6.07) is 3.14. The summed E-state index contributed by atoms with van der Waals surface area (Å²) < 4.78 is 0. The number of allylic oxidation sites excluding steroid dienone is 4. The molecular formula is C16H11ClN2O3S. The molecule has 0 saturated heterocycles. The molecule has 0 aromatic carbocycles. The van der Waals surface area contributed by atoms with Gasteiger partial charge in [0.25, 0.3) is 0 Å². The van der Waals surface area contributed by atoms with Gasteiger partial charge in [-0.1, -0.05) is 35.5 Å². The van der Waals surface area contributed by atoms with E-state index in [1.165, 1.54) is 17.8 Å². The third-order valence-electron chi connectivity index (χ3n) is 3.23. The zero-order chi connectivity index (χ0) is 16.4. The Morgan fingerprint density at radius 2 is 2.22 bits per heavy atom. The highest BCUT2D eigenvalue weighted by Crippen LogP contribution is 2.34. The van der Waals surface area contributed by atoms with E-state index in [2.05, 4.69) is 4.98 Å². The Kier molecular flexibility index (Phi) is 4.36. The SMILES string of the molecule is O=C1C=CC=C(C2=CN(c3ccc(Cl)c(C(=O)O)n3)C=CS2)C1. The molecule has 1 aliphatic carbocycles. The fourth-order valence-corrected chi connectivity index (χ4v) is 3.13. The molecule has 1 N–H and O–H groups in total. The summed E-state index contributed by atoms with van der Waals surface area (Å²) in [5, 5.41) is 11.1. The number of hydrogen-bond acceptors (Lipinski definition) is 5. The number of nitrogens with zero attached hydrogens (tertiary/aromatic N) is 2. The normalized spacial score (nSPS) is 17.1. The third kappa shape index (κ3) is 3.38. The summed E-state index contributed by atoms with van der Waals surface area (Å²) in [5.41, 5.74) is 0.727. The number of carboxylic acid groups (broad SMARTS) is 1. The largest absolute Gasteiger partial charge is 0.476 e. The molecule has 0 bridgehead atoms. The van der Waals surface area contributed by atoms with Gasteiger partial charge in [0.05, 0.1) is 5.02 Å². The number of carboxylic acids is 1. The molecule has 116 valence electrons. The van der Waals surface area contributed by atoms with Crippen LogP contribution >= 0.6 is 23.4 Å². The van der Waals surface area contributed by atoms with Crippen LogP contribution in [0.5, 0.6) is 0 Å². The Hall–Kier alpha value is -2.31. The van der Waals surface area contributed by atoms with Crippen molar-refractivity contribution in [2.45, 2.75) is 6.42 Å². The first-order chi connectivity index (χ1) is 11.0. The summed E-state index contributed by atoms with van der Waals surface area (Å²) in [6.45, 7) is 0. The maximum atomic E-state index is 11.5. The predicted octanol–water partition coefficient (Wildman–Crippen LogP) is 3.75. The summed E-state index contributed by atoms with van der Waals surface area (Å²) in [6.07, 6.45) is 9.13. The lowest BCUT2D eigenvalue weighted by atomic mass is 10.0. The Morgan fingerprint density at radius 3 is 2.96 bits per heavy atom. The predicted molar refractivity (Wildman–Crippen MR) is 90.3 cm³/mol. The molecule has 3 rings (SSSR count). The van der Waals surface area contributed by atoms with E-state index in [-0.39, 0.29) is 16.5 Å². The van der Waals surface area contributed by atoms with Crippen molar-refractivity contribution in [1.82, 2.24) is 4.98 Å². The van der Waals surface area contributed by atoms with Crippen molar-refractivity contribution in [3.05, 3.63) is 69.4 Å². The molecular weight excluding hydrogens is 336 g/mol. The summed E-state index contributed by atoms with van der Waals surface area (Å²) >= 11 is 7.34. The lowest BCUT2D eigenvalue weighted by Gasteiger charge is -2.22. The van der Waals surface area contributed by atoms with Gasteiger partial charge in [0, 0.05) is 23.7 Å². The summed E-state index contributed by atoms with van der Waals surface area (Å²) in [7, 11) is 0. The van der Waals surface area contributed by atoms with Crippen LogP contribution in [-0.4, -0.2) is 21.8 Å². The van der Waals surface area contributed by atoms with Crippen LogP contribution in [0.4, 0.5) is 5.82 Å². The monoisotopic (exact) mass is 346 g/mol. The van der Waals surface area contributed by atoms with Crippen molar-refractivity contribution in [3.63, 3.8) is 0 Å². The van der Waals surface area contributed by atoms with E-state index >= 15 is 0 Å². The molecule has 0 unspecified atom stereocenters. The first-order valence-corrected chi connectivity index (χ1v) is 7.94. The van der Waals surface area contributed by atoms with Crippen LogP contribution in [0.25, 0.3) is 0 Å². The van der Waals surface area contributed by atoms with E-state index in [4.69, 9.17) is 16.7 Å². The summed E-state index contributed by atoms with van der Waals surface area (Å²) in [5.74, 6) is -0.677. The van der Waals surface area contributed by atoms with Crippen LogP contribution in [0.3, 0.4) is 0 Å². The van der Waals surface area contributed by atoms with Gasteiger partial charge < -0.3 is 10.0 Å². The van der Waals surface area contributed by atoms with Crippen molar-refractivity contribution in [1.29, 1.82) is 0 Å². The number of hydrogen-bond donors (Lipinski definition) is 1. The van der Waals surface area contributed by atoms with Crippen molar-refractivity contribution in [3.8, 4) is 0 Å². The van der Waals surface area contributed by atoms with Crippen molar-refractivity contribution >= 4 is 40.9 Å². The van der Waals surface area contributed by atoms with Crippen LogP contribution in [0.1, 0.15) is 16.9 Å². The highest BCUT2D eigenvalue weighted by Gasteiger charge is 2.18. The average molecular weight is 347 g/mol. The summed E-state index contributed by atoms with van der Waals surface area (Å²) in [4.78, 5) is 29.4. The highest BCUT2D eigenvalue weighted by atomic mass is 35.5. The van der Waals surface area contributed by atoms with E-state index in [0.717, 1.165) is 10.5 Å². The molecule has 1 aliphatic heterocycles. The zero-order valence-electron chi connectivity index (χ0n) is 11.8. The van der Waals surface area contributed by atoms with Gasteiger partial charge in [-0.3, -0.25) is 4.79 Å². The Morgan fingerprint density at radius 1 is 1.39 bits per heavy atom. The van der Waals surface area contributed by atoms with E-state index < -0.39 is 5.97 Å². The molecule has 0 saturated carbocycles. The van der Waals surface area contributed by atoms with E-state index in [9.17, 15) is 9.59 Å². The molecule has 2 heterocycles. The van der Waals surface area contributed by atoms with Crippen LogP contribution in [0.2, 0.25) is 5.02 Å². The molecule has 23 heavy (non-hydrogen) atoms. The fraction of sp³-hybridized carbons (Fsp3) is 0.0625. The topological polar surface area (TPSA) is 70.5 Å². The second-order valence-electron chi connectivity index (χ2n) is 4.80. The first kappa shape index (κ1) is 15.6. The smallest absolute Gasteiger partial charge is 0.356 e. The maximum absolute atomic E-state index is 11.5. The quantitative estimate of drug-likeness (QED) is 0.898. The second-order valence-corrected chi connectivity index (χ2v) is 6.16. The highest BCUT2D eigenvalue weighted by molar-refractivity contribution is 8.06. The van der Waals surface area contributed by atoms with Gasteiger partial charge in [-0.25, -0.2) is 9.78 Å². The van der Waals surface area contributed by atoms with E-state index in [1.54, 1.807) is 29.3 Å². The van der Waals surface area contributed by atoms with Crippen LogP contribution in [0.15, 0.2) is 58.6 Å². The average Bonchev–Trinajstić information content (AvgIpc) is 2.55. The van der Waals surface area contributed by atoms with Crippen LogP contribution < -0.4 is 4.90 Å². The maximum Gasteiger partial charge on any atom is 0.356 e. The second kappa shape index (κ2) is 6.44. The van der Waals surface area contributed by atoms with Gasteiger partial charge in [-0.05, 0) is 29.2 Å². The number of aromatic carboxylic acids is 1. The van der Waals surface area contributed by atoms with Gasteiger partial charge in [0.2, 0.25) is 0 Å². The number of aromatic nitrogens is 1. The molecule has 0 spiro atoms. The minimum absolute atomic E-state index is 0.0582. The zero-order valence-corrected chi connectivity index (χ0v) is 13.3. The molecule has 7 heteroatoms. The number of carbonyl (C=O) groups is 2. The number of ketones is 1. The number of rotatable bonds is 3. The van der Waals surface area contributed by atoms with Crippen molar-refractivity contribution in [2.24, 2.45) is 0 Å². The first-order valence-electron chi connectivity index (χ1n) is 6.68.